The van der Waals surface area contributed by atoms with Gasteiger partial charge in [-0.25, -0.2) is 13.2 Å². The number of nitrogens with zero attached hydrogens (tertiary/aromatic N) is 2. The number of benzene rings is 2. The number of nitrogens with one attached hydrogen (secondary N) is 1. The van der Waals surface area contributed by atoms with E-state index >= 15 is 8.78 Å². The second-order valence-corrected chi connectivity index (χ2v) is 9.79. The largest absolute Gasteiger partial charge is 0.488 e. The lowest BCUT2D eigenvalue weighted by Gasteiger charge is -2.41. The first-order valence-electron chi connectivity index (χ1n) is 12.1. The van der Waals surface area contributed by atoms with Crippen LogP contribution in [0.4, 0.5) is 30.7 Å². The van der Waals surface area contributed by atoms with E-state index in [0.29, 0.717) is 42.5 Å². The summed E-state index contributed by atoms with van der Waals surface area (Å²) in [5.74, 6) is -2.66. The predicted octanol–water partition coefficient (Wildman–Crippen LogP) is 5.91. The van der Waals surface area contributed by atoms with E-state index in [1.807, 2.05) is 4.90 Å². The molecule has 1 aromatic heterocycles. The highest BCUT2D eigenvalue weighted by molar-refractivity contribution is 5.85. The summed E-state index contributed by atoms with van der Waals surface area (Å²) in [6.07, 6.45) is -4.40. The summed E-state index contributed by atoms with van der Waals surface area (Å²) in [4.78, 5) is 5.96. The molecule has 11 heteroatoms. The van der Waals surface area contributed by atoms with Crippen LogP contribution in [0, 0.1) is 17.5 Å². The summed E-state index contributed by atoms with van der Waals surface area (Å²) in [7, 11) is 0. The maximum absolute atomic E-state index is 15.5. The van der Waals surface area contributed by atoms with Crippen LogP contribution in [0.5, 0.6) is 5.75 Å². The standard InChI is InChI=1S/C26H26F7N3O/c1-14-7-19-18-8-15(28)3-4-22(18)34-24(19)25(36(14)13-26(31,32)33)23-20(29)9-16(10-21(23)30)37-17-11-35(12-17)6-2-5-27/h3-4,8-10,14,17,25,34H,2,5-7,11-13H2,1H3/t14-,25-/m0/s1. The van der Waals surface area contributed by atoms with Crippen LogP contribution in [-0.2, 0) is 6.42 Å². The SMILES string of the molecule is C[C@H]1Cc2c([nH]c3ccc(F)cc23)[C@H](c2c(F)cc(OC3CN(CCCF)C3)cc2F)N1CC(F)(F)F. The highest BCUT2D eigenvalue weighted by atomic mass is 19.4. The number of likely N-dealkylation sites (tertiary alicyclic amines) is 1. The second kappa shape index (κ2) is 9.83. The summed E-state index contributed by atoms with van der Waals surface area (Å²) in [6, 6.07) is 3.75. The van der Waals surface area contributed by atoms with Crippen LogP contribution in [0.15, 0.2) is 30.3 Å². The van der Waals surface area contributed by atoms with Crippen molar-refractivity contribution in [3.63, 3.8) is 0 Å². The fourth-order valence-corrected chi connectivity index (χ4v) is 5.44. The van der Waals surface area contributed by atoms with Gasteiger partial charge in [0.15, 0.2) is 0 Å². The van der Waals surface area contributed by atoms with Crippen molar-refractivity contribution in [1.82, 2.24) is 14.8 Å². The predicted molar refractivity (Wildman–Crippen MR) is 124 cm³/mol. The van der Waals surface area contributed by atoms with Gasteiger partial charge in [0.25, 0.3) is 0 Å². The fourth-order valence-electron chi connectivity index (χ4n) is 5.44. The maximum atomic E-state index is 15.5. The number of hydrogen-bond acceptors (Lipinski definition) is 3. The van der Waals surface area contributed by atoms with Crippen molar-refractivity contribution < 1.29 is 35.5 Å². The number of fused-ring (bicyclic) bond motifs is 3. The third-order valence-electron chi connectivity index (χ3n) is 7.09. The van der Waals surface area contributed by atoms with Crippen molar-refractivity contribution in [3.05, 3.63) is 64.6 Å². The summed E-state index contributed by atoms with van der Waals surface area (Å²) >= 11 is 0. The zero-order valence-electron chi connectivity index (χ0n) is 20.0. The topological polar surface area (TPSA) is 31.5 Å². The van der Waals surface area contributed by atoms with Gasteiger partial charge in [0.2, 0.25) is 0 Å². The van der Waals surface area contributed by atoms with Crippen LogP contribution in [0.2, 0.25) is 0 Å². The van der Waals surface area contributed by atoms with Gasteiger partial charge in [-0.15, -0.1) is 0 Å². The molecule has 0 aliphatic carbocycles. The van der Waals surface area contributed by atoms with Crippen LogP contribution in [0.1, 0.15) is 36.2 Å². The lowest BCUT2D eigenvalue weighted by Crippen LogP contribution is -2.53. The number of ether oxygens (including phenoxy) is 1. The molecular formula is C26H26F7N3O. The minimum atomic E-state index is -4.61. The Hall–Kier alpha value is -2.79. The average molecular weight is 530 g/mol. The van der Waals surface area contributed by atoms with Gasteiger partial charge in [0.05, 0.1) is 19.3 Å². The lowest BCUT2D eigenvalue weighted by molar-refractivity contribution is -0.155. The molecule has 1 fully saturated rings. The molecule has 0 bridgehead atoms. The quantitative estimate of drug-likeness (QED) is 0.387. The van der Waals surface area contributed by atoms with E-state index in [1.54, 1.807) is 6.92 Å². The van der Waals surface area contributed by atoms with E-state index in [0.717, 1.165) is 17.0 Å². The Morgan fingerprint density at radius 2 is 1.76 bits per heavy atom. The van der Waals surface area contributed by atoms with Crippen molar-refractivity contribution >= 4 is 10.9 Å². The summed E-state index contributed by atoms with van der Waals surface area (Å²) in [5, 5.41) is 0.474. The molecule has 1 saturated heterocycles. The first-order chi connectivity index (χ1) is 17.5. The molecule has 0 unspecified atom stereocenters. The second-order valence-electron chi connectivity index (χ2n) is 9.79. The average Bonchev–Trinajstić information content (AvgIpc) is 3.13. The number of H-pyrrole nitrogens is 1. The van der Waals surface area contributed by atoms with E-state index in [9.17, 15) is 22.0 Å². The number of halogens is 7. The lowest BCUT2D eigenvalue weighted by atomic mass is 9.88. The molecule has 37 heavy (non-hydrogen) atoms. The van der Waals surface area contributed by atoms with Gasteiger partial charge in [-0.2, -0.15) is 13.2 Å². The van der Waals surface area contributed by atoms with Crippen molar-refractivity contribution in [2.24, 2.45) is 0 Å². The summed E-state index contributed by atoms with van der Waals surface area (Å²) in [5.41, 5.74) is 0.680. The molecule has 0 spiro atoms. The molecule has 2 aliphatic heterocycles. The minimum Gasteiger partial charge on any atom is -0.488 e. The molecule has 2 aromatic carbocycles. The highest BCUT2D eigenvalue weighted by Crippen LogP contribution is 2.44. The Labute approximate surface area is 209 Å². The monoisotopic (exact) mass is 529 g/mol. The van der Waals surface area contributed by atoms with Crippen LogP contribution >= 0.6 is 0 Å². The van der Waals surface area contributed by atoms with E-state index in [-0.39, 0.29) is 24.0 Å². The molecule has 5 rings (SSSR count). The van der Waals surface area contributed by atoms with Crippen molar-refractivity contribution in [1.29, 1.82) is 0 Å². The normalized spacial score (nSPS) is 21.3. The molecule has 2 aliphatic rings. The third kappa shape index (κ3) is 5.16. The van der Waals surface area contributed by atoms with Crippen LogP contribution in [0.3, 0.4) is 0 Å². The Morgan fingerprint density at radius 3 is 2.41 bits per heavy atom. The Kier molecular flexibility index (Phi) is 6.86. The molecule has 0 radical (unpaired) electrons. The van der Waals surface area contributed by atoms with Gasteiger partial charge in [0.1, 0.15) is 29.3 Å². The van der Waals surface area contributed by atoms with E-state index in [4.69, 9.17) is 4.74 Å². The zero-order chi connectivity index (χ0) is 26.5. The third-order valence-corrected chi connectivity index (χ3v) is 7.09. The molecule has 0 amide bonds. The van der Waals surface area contributed by atoms with Gasteiger partial charge < -0.3 is 9.72 Å². The first-order valence-corrected chi connectivity index (χ1v) is 12.1. The molecule has 0 saturated carbocycles. The first kappa shape index (κ1) is 25.8. The van der Waals surface area contributed by atoms with Crippen molar-refractivity contribution in [3.8, 4) is 5.75 Å². The number of alkyl halides is 4. The van der Waals surface area contributed by atoms with Crippen molar-refractivity contribution in [2.45, 2.75) is 44.1 Å². The molecule has 1 N–H and O–H groups in total. The molecular weight excluding hydrogens is 503 g/mol. The van der Waals surface area contributed by atoms with E-state index < -0.39 is 54.5 Å². The van der Waals surface area contributed by atoms with Gasteiger partial charge in [-0.3, -0.25) is 14.2 Å². The molecule has 2 atom stereocenters. The van der Waals surface area contributed by atoms with Crippen LogP contribution < -0.4 is 4.74 Å². The summed E-state index contributed by atoms with van der Waals surface area (Å²) in [6.45, 7) is 1.27. The minimum absolute atomic E-state index is 0.0703. The number of hydrogen-bond donors (Lipinski definition) is 1. The molecule has 4 nitrogen and oxygen atoms in total. The number of aromatic nitrogens is 1. The fraction of sp³-hybridized carbons (Fsp3) is 0.462. The smallest absolute Gasteiger partial charge is 0.401 e. The maximum Gasteiger partial charge on any atom is 0.401 e. The van der Waals surface area contributed by atoms with Gasteiger partial charge >= 0.3 is 6.18 Å². The van der Waals surface area contributed by atoms with Gasteiger partial charge in [-0.1, -0.05) is 0 Å². The van der Waals surface area contributed by atoms with E-state index in [1.165, 1.54) is 18.2 Å². The summed E-state index contributed by atoms with van der Waals surface area (Å²) < 4.78 is 104. The van der Waals surface area contributed by atoms with Crippen molar-refractivity contribution in [2.75, 3.05) is 32.9 Å². The Balaban J connectivity index is 1.51. The van der Waals surface area contributed by atoms with Gasteiger partial charge in [0, 0.05) is 60.0 Å². The molecule has 3 heterocycles. The van der Waals surface area contributed by atoms with Crippen LogP contribution in [-0.4, -0.2) is 66.0 Å². The molecule has 3 aromatic rings. The highest BCUT2D eigenvalue weighted by Gasteiger charge is 2.44. The van der Waals surface area contributed by atoms with E-state index in [2.05, 4.69) is 4.98 Å². The zero-order valence-corrected chi connectivity index (χ0v) is 20.0. The number of aromatic amines is 1. The molecule has 200 valence electrons. The Bertz CT molecular complexity index is 1260. The van der Waals surface area contributed by atoms with Gasteiger partial charge in [-0.05, 0) is 43.5 Å². The number of rotatable bonds is 7. The van der Waals surface area contributed by atoms with Crippen LogP contribution in [0.25, 0.3) is 10.9 Å². The Morgan fingerprint density at radius 1 is 1.05 bits per heavy atom.